The summed E-state index contributed by atoms with van der Waals surface area (Å²) in [5, 5.41) is 3.93. The third-order valence-corrected chi connectivity index (χ3v) is 3.48. The Labute approximate surface area is 107 Å². The molecule has 1 heterocycles. The van der Waals surface area contributed by atoms with Gasteiger partial charge in [0.15, 0.2) is 0 Å². The molecule has 1 aromatic heterocycles. The third-order valence-electron chi connectivity index (χ3n) is 3.48. The molecule has 2 aromatic rings. The third kappa shape index (κ3) is 1.92. The first-order chi connectivity index (χ1) is 8.56. The van der Waals surface area contributed by atoms with E-state index in [1.165, 1.54) is 11.3 Å². The molecule has 0 unspecified atom stereocenters. The zero-order valence-electron chi connectivity index (χ0n) is 11.1. The lowest BCUT2D eigenvalue weighted by Crippen LogP contribution is -2.23. The Morgan fingerprint density at radius 2 is 2.17 bits per heavy atom. The number of aryl methyl sites for hydroxylation is 2. The van der Waals surface area contributed by atoms with Gasteiger partial charge in [-0.3, -0.25) is 4.79 Å². The minimum Gasteiger partial charge on any atom is -0.349 e. The fraction of sp³-hybridized carbons (Fsp3) is 0.267. The molecule has 0 aliphatic carbocycles. The normalized spacial score (nSPS) is 10.6. The number of aromatic nitrogens is 1. The molecular formula is C15H18N2O. The molecule has 0 spiro atoms. The minimum absolute atomic E-state index is 0.0577. The van der Waals surface area contributed by atoms with E-state index in [0.717, 1.165) is 10.9 Å². The summed E-state index contributed by atoms with van der Waals surface area (Å²) in [6, 6.07) is 5.81. The van der Waals surface area contributed by atoms with Crippen LogP contribution in [0.1, 0.15) is 21.6 Å². The molecule has 0 aliphatic rings. The number of fused-ring (bicyclic) bond motifs is 1. The average molecular weight is 242 g/mol. The van der Waals surface area contributed by atoms with Gasteiger partial charge in [-0.05, 0) is 37.6 Å². The Bertz CT molecular complexity index is 623. The predicted octanol–water partition coefficient (Wildman–Crippen LogP) is 2.71. The number of carbonyl (C=O) groups excluding carboxylic acids is 1. The lowest BCUT2D eigenvalue weighted by atomic mass is 10.1. The number of nitrogens with one attached hydrogen (secondary N) is 1. The van der Waals surface area contributed by atoms with Gasteiger partial charge >= 0.3 is 0 Å². The standard InChI is InChI=1S/C15H18N2O/c1-5-8-16-15(18)12-6-7-14-13(9-12)10(2)11(3)17(14)4/h5-7,9H,1,8H2,2-4H3,(H,16,18). The molecule has 3 heteroatoms. The molecule has 0 radical (unpaired) electrons. The number of nitrogens with zero attached hydrogens (tertiary/aromatic N) is 1. The van der Waals surface area contributed by atoms with Gasteiger partial charge in [0.1, 0.15) is 0 Å². The summed E-state index contributed by atoms with van der Waals surface area (Å²) in [7, 11) is 2.04. The predicted molar refractivity (Wildman–Crippen MR) is 74.9 cm³/mol. The van der Waals surface area contributed by atoms with Crippen molar-refractivity contribution in [2.75, 3.05) is 6.54 Å². The molecule has 0 saturated heterocycles. The van der Waals surface area contributed by atoms with Gasteiger partial charge < -0.3 is 9.88 Å². The summed E-state index contributed by atoms with van der Waals surface area (Å²) in [6.07, 6.45) is 1.67. The number of hydrogen-bond acceptors (Lipinski definition) is 1. The van der Waals surface area contributed by atoms with Crippen LogP contribution in [-0.4, -0.2) is 17.0 Å². The smallest absolute Gasteiger partial charge is 0.251 e. The van der Waals surface area contributed by atoms with Crippen LogP contribution in [0.4, 0.5) is 0 Å². The van der Waals surface area contributed by atoms with Crippen LogP contribution in [0, 0.1) is 13.8 Å². The van der Waals surface area contributed by atoms with Gasteiger partial charge in [0.25, 0.3) is 5.91 Å². The van der Waals surface area contributed by atoms with E-state index in [9.17, 15) is 4.79 Å². The zero-order chi connectivity index (χ0) is 13.3. The van der Waals surface area contributed by atoms with Gasteiger partial charge in [-0.1, -0.05) is 6.08 Å². The fourth-order valence-corrected chi connectivity index (χ4v) is 2.16. The van der Waals surface area contributed by atoms with Crippen LogP contribution in [0.15, 0.2) is 30.9 Å². The maximum Gasteiger partial charge on any atom is 0.251 e. The second-order valence-corrected chi connectivity index (χ2v) is 4.50. The first kappa shape index (κ1) is 12.4. The molecule has 0 aliphatic heterocycles. The topological polar surface area (TPSA) is 34.0 Å². The Morgan fingerprint density at radius 1 is 1.44 bits per heavy atom. The Balaban J connectivity index is 2.47. The highest BCUT2D eigenvalue weighted by molar-refractivity contribution is 5.99. The van der Waals surface area contributed by atoms with E-state index < -0.39 is 0 Å². The number of amides is 1. The molecule has 18 heavy (non-hydrogen) atoms. The van der Waals surface area contributed by atoms with Crippen LogP contribution < -0.4 is 5.32 Å². The zero-order valence-corrected chi connectivity index (χ0v) is 11.1. The molecule has 0 saturated carbocycles. The van der Waals surface area contributed by atoms with E-state index in [1.54, 1.807) is 6.08 Å². The summed E-state index contributed by atoms with van der Waals surface area (Å²) < 4.78 is 2.15. The first-order valence-electron chi connectivity index (χ1n) is 6.01. The maximum absolute atomic E-state index is 11.9. The lowest BCUT2D eigenvalue weighted by Gasteiger charge is -2.03. The van der Waals surface area contributed by atoms with Gasteiger partial charge in [-0.2, -0.15) is 0 Å². The van der Waals surface area contributed by atoms with Crippen molar-refractivity contribution in [1.29, 1.82) is 0 Å². The van der Waals surface area contributed by atoms with Crippen LogP contribution in [0.25, 0.3) is 10.9 Å². The SMILES string of the molecule is C=CCNC(=O)c1ccc2c(c1)c(C)c(C)n2C. The highest BCUT2D eigenvalue weighted by Crippen LogP contribution is 2.25. The summed E-state index contributed by atoms with van der Waals surface area (Å²) in [6.45, 7) is 8.25. The Hall–Kier alpha value is -2.03. The van der Waals surface area contributed by atoms with Gasteiger partial charge in [-0.15, -0.1) is 6.58 Å². The lowest BCUT2D eigenvalue weighted by molar-refractivity contribution is 0.0958. The molecule has 0 fully saturated rings. The Morgan fingerprint density at radius 3 is 2.83 bits per heavy atom. The molecule has 0 bridgehead atoms. The van der Waals surface area contributed by atoms with Crippen LogP contribution in [-0.2, 0) is 7.05 Å². The van der Waals surface area contributed by atoms with Crippen LogP contribution in [0.3, 0.4) is 0 Å². The minimum atomic E-state index is -0.0577. The van der Waals surface area contributed by atoms with Crippen LogP contribution >= 0.6 is 0 Å². The number of benzene rings is 1. The molecule has 1 N–H and O–H groups in total. The number of carbonyl (C=O) groups is 1. The van der Waals surface area contributed by atoms with Gasteiger partial charge in [-0.25, -0.2) is 0 Å². The van der Waals surface area contributed by atoms with Crippen LogP contribution in [0.5, 0.6) is 0 Å². The monoisotopic (exact) mass is 242 g/mol. The van der Waals surface area contributed by atoms with E-state index in [2.05, 4.69) is 30.3 Å². The molecule has 94 valence electrons. The maximum atomic E-state index is 11.9. The van der Waals surface area contributed by atoms with Gasteiger partial charge in [0.05, 0.1) is 0 Å². The van der Waals surface area contributed by atoms with Gasteiger partial charge in [0, 0.05) is 35.8 Å². The van der Waals surface area contributed by atoms with Crippen molar-refractivity contribution in [2.24, 2.45) is 7.05 Å². The van der Waals surface area contributed by atoms with E-state index in [-0.39, 0.29) is 5.91 Å². The highest BCUT2D eigenvalue weighted by atomic mass is 16.1. The van der Waals surface area contributed by atoms with E-state index in [1.807, 2.05) is 25.2 Å². The van der Waals surface area contributed by atoms with Crippen molar-refractivity contribution in [3.63, 3.8) is 0 Å². The summed E-state index contributed by atoms with van der Waals surface area (Å²) in [5.74, 6) is -0.0577. The number of rotatable bonds is 3. The first-order valence-corrected chi connectivity index (χ1v) is 6.01. The van der Waals surface area contributed by atoms with E-state index in [0.29, 0.717) is 12.1 Å². The van der Waals surface area contributed by atoms with Crippen molar-refractivity contribution in [3.8, 4) is 0 Å². The van der Waals surface area contributed by atoms with Crippen molar-refractivity contribution in [3.05, 3.63) is 47.7 Å². The summed E-state index contributed by atoms with van der Waals surface area (Å²) >= 11 is 0. The second-order valence-electron chi connectivity index (χ2n) is 4.50. The second kappa shape index (κ2) is 4.69. The van der Waals surface area contributed by atoms with Crippen molar-refractivity contribution in [1.82, 2.24) is 9.88 Å². The molecular weight excluding hydrogens is 224 g/mol. The number of hydrogen-bond donors (Lipinski definition) is 1. The quantitative estimate of drug-likeness (QED) is 0.825. The molecule has 0 atom stereocenters. The van der Waals surface area contributed by atoms with E-state index in [4.69, 9.17) is 0 Å². The van der Waals surface area contributed by atoms with Crippen molar-refractivity contribution >= 4 is 16.8 Å². The average Bonchev–Trinajstić information content (AvgIpc) is 2.61. The largest absolute Gasteiger partial charge is 0.349 e. The fourth-order valence-electron chi connectivity index (χ4n) is 2.16. The molecule has 1 amide bonds. The summed E-state index contributed by atoms with van der Waals surface area (Å²) in [5.41, 5.74) is 4.31. The van der Waals surface area contributed by atoms with Crippen molar-refractivity contribution < 1.29 is 4.79 Å². The van der Waals surface area contributed by atoms with E-state index >= 15 is 0 Å². The van der Waals surface area contributed by atoms with Crippen LogP contribution in [0.2, 0.25) is 0 Å². The molecule has 2 rings (SSSR count). The molecule has 1 aromatic carbocycles. The summed E-state index contributed by atoms with van der Waals surface area (Å²) in [4.78, 5) is 11.9. The Kier molecular flexibility index (Phi) is 3.24. The molecule has 3 nitrogen and oxygen atoms in total. The highest BCUT2D eigenvalue weighted by Gasteiger charge is 2.11. The van der Waals surface area contributed by atoms with Gasteiger partial charge in [0.2, 0.25) is 0 Å². The van der Waals surface area contributed by atoms with Crippen molar-refractivity contribution in [2.45, 2.75) is 13.8 Å².